The van der Waals surface area contributed by atoms with Gasteiger partial charge in [0.25, 0.3) is 11.8 Å². The molecule has 0 bridgehead atoms. The molecule has 1 N–H and O–H groups in total. The van der Waals surface area contributed by atoms with Crippen molar-refractivity contribution >= 4 is 23.9 Å². The summed E-state index contributed by atoms with van der Waals surface area (Å²) in [5, 5.41) is 2.75. The quantitative estimate of drug-likeness (QED) is 0.488. The Morgan fingerprint density at radius 1 is 1.17 bits per heavy atom. The fourth-order valence-corrected chi connectivity index (χ4v) is 3.02. The smallest absolute Gasteiger partial charge is 0.340 e. The van der Waals surface area contributed by atoms with E-state index in [1.165, 1.54) is 12.0 Å². The summed E-state index contributed by atoms with van der Waals surface area (Å²) in [7, 11) is 2.83. The number of hydrogen-bond donors (Lipinski definition) is 1. The maximum absolute atomic E-state index is 12.9. The molecule has 0 atom stereocenters. The van der Waals surface area contributed by atoms with Gasteiger partial charge >= 0.3 is 5.97 Å². The van der Waals surface area contributed by atoms with E-state index in [0.29, 0.717) is 30.2 Å². The molecule has 0 aliphatic carbocycles. The maximum atomic E-state index is 12.9. The van der Waals surface area contributed by atoms with E-state index in [1.54, 1.807) is 44.4 Å². The van der Waals surface area contributed by atoms with E-state index in [0.717, 1.165) is 0 Å². The van der Waals surface area contributed by atoms with Crippen molar-refractivity contribution in [1.82, 2.24) is 10.2 Å². The second-order valence-corrected chi connectivity index (χ2v) is 7.04. The lowest BCUT2D eigenvalue weighted by Crippen LogP contribution is -2.34. The van der Waals surface area contributed by atoms with E-state index in [4.69, 9.17) is 14.2 Å². The van der Waals surface area contributed by atoms with Gasteiger partial charge in [0.15, 0.2) is 6.61 Å². The molecular weight excluding hydrogens is 388 g/mol. The number of hydrogen-bond acceptors (Lipinski definition) is 6. The van der Waals surface area contributed by atoms with Crippen LogP contribution in [0.5, 0.6) is 5.75 Å². The monoisotopic (exact) mass is 416 g/mol. The van der Waals surface area contributed by atoms with Crippen LogP contribution in [-0.2, 0) is 23.9 Å². The van der Waals surface area contributed by atoms with E-state index < -0.39 is 5.97 Å². The van der Waals surface area contributed by atoms with E-state index in [9.17, 15) is 14.4 Å². The van der Waals surface area contributed by atoms with Gasteiger partial charge in [-0.2, -0.15) is 0 Å². The molecule has 8 heteroatoms. The molecule has 2 rings (SSSR count). The minimum absolute atomic E-state index is 0.0445. The van der Waals surface area contributed by atoms with Gasteiger partial charge in [-0.15, -0.1) is 0 Å². The number of rotatable bonds is 9. The van der Waals surface area contributed by atoms with Crippen molar-refractivity contribution in [3.8, 4) is 5.75 Å². The SMILES string of the molecule is COCCN1C(=O)/C(=C\c2ccc(OCC(=O)NC(C)C)cc2)C(C(=O)OC)=C1C. The van der Waals surface area contributed by atoms with Gasteiger partial charge in [-0.05, 0) is 44.5 Å². The van der Waals surface area contributed by atoms with Gasteiger partial charge in [0, 0.05) is 25.4 Å². The number of methoxy groups -OCH3 is 2. The van der Waals surface area contributed by atoms with Crippen molar-refractivity contribution in [1.29, 1.82) is 0 Å². The van der Waals surface area contributed by atoms with Crippen LogP contribution in [0.25, 0.3) is 6.08 Å². The molecule has 0 fully saturated rings. The molecule has 1 aliphatic rings. The van der Waals surface area contributed by atoms with Gasteiger partial charge in [0.2, 0.25) is 0 Å². The summed E-state index contributed by atoms with van der Waals surface area (Å²) < 4.78 is 15.4. The first-order valence-electron chi connectivity index (χ1n) is 9.62. The molecule has 1 aromatic carbocycles. The van der Waals surface area contributed by atoms with Crippen LogP contribution in [0, 0.1) is 0 Å². The molecule has 0 aromatic heterocycles. The fourth-order valence-electron chi connectivity index (χ4n) is 3.02. The van der Waals surface area contributed by atoms with Gasteiger partial charge in [-0.25, -0.2) is 4.79 Å². The summed E-state index contributed by atoms with van der Waals surface area (Å²) in [6.45, 7) is 6.06. The lowest BCUT2D eigenvalue weighted by Gasteiger charge is -2.16. The number of allylic oxidation sites excluding steroid dienone is 1. The van der Waals surface area contributed by atoms with Crippen LogP contribution < -0.4 is 10.1 Å². The van der Waals surface area contributed by atoms with Gasteiger partial charge in [-0.1, -0.05) is 12.1 Å². The zero-order valence-electron chi connectivity index (χ0n) is 18.0. The number of amides is 2. The molecule has 1 aromatic rings. The Balaban J connectivity index is 2.20. The largest absolute Gasteiger partial charge is 0.484 e. The Bertz CT molecular complexity index is 855. The van der Waals surface area contributed by atoms with Crippen molar-refractivity contribution in [2.75, 3.05) is 34.0 Å². The maximum Gasteiger partial charge on any atom is 0.340 e. The zero-order chi connectivity index (χ0) is 22.3. The first-order chi connectivity index (χ1) is 14.3. The summed E-state index contributed by atoms with van der Waals surface area (Å²) in [4.78, 5) is 38.3. The highest BCUT2D eigenvalue weighted by Gasteiger charge is 2.36. The lowest BCUT2D eigenvalue weighted by atomic mass is 10.0. The number of benzene rings is 1. The zero-order valence-corrected chi connectivity index (χ0v) is 18.0. The van der Waals surface area contributed by atoms with Crippen LogP contribution in [0.1, 0.15) is 26.3 Å². The normalized spacial score (nSPS) is 15.2. The molecule has 0 unspecified atom stereocenters. The second-order valence-electron chi connectivity index (χ2n) is 7.04. The van der Waals surface area contributed by atoms with Crippen molar-refractivity contribution in [3.05, 3.63) is 46.7 Å². The number of esters is 1. The summed E-state index contributed by atoms with van der Waals surface area (Å²) in [5.41, 5.74) is 1.75. The van der Waals surface area contributed by atoms with Gasteiger partial charge in [-0.3, -0.25) is 9.59 Å². The Morgan fingerprint density at radius 3 is 2.40 bits per heavy atom. The number of carbonyl (C=O) groups is 3. The highest BCUT2D eigenvalue weighted by molar-refractivity contribution is 6.16. The Labute approximate surface area is 176 Å². The summed E-state index contributed by atoms with van der Waals surface area (Å²) >= 11 is 0. The molecule has 8 nitrogen and oxygen atoms in total. The molecule has 2 amide bonds. The molecule has 0 radical (unpaired) electrons. The van der Waals surface area contributed by atoms with Crippen molar-refractivity contribution in [2.24, 2.45) is 0 Å². The Hall–Kier alpha value is -3.13. The van der Waals surface area contributed by atoms with Gasteiger partial charge in [0.05, 0.1) is 24.9 Å². The first kappa shape index (κ1) is 23.2. The molecule has 30 heavy (non-hydrogen) atoms. The number of nitrogens with one attached hydrogen (secondary N) is 1. The predicted octanol–water partition coefficient (Wildman–Crippen LogP) is 1.91. The van der Waals surface area contributed by atoms with Crippen molar-refractivity contribution in [2.45, 2.75) is 26.8 Å². The first-order valence-corrected chi connectivity index (χ1v) is 9.62. The Kier molecular flexibility index (Phi) is 8.17. The molecule has 1 heterocycles. The minimum Gasteiger partial charge on any atom is -0.484 e. The van der Waals surface area contributed by atoms with E-state index in [2.05, 4.69) is 5.32 Å². The molecule has 0 spiro atoms. The highest BCUT2D eigenvalue weighted by atomic mass is 16.5. The third-order valence-corrected chi connectivity index (χ3v) is 4.43. The van der Waals surface area contributed by atoms with Crippen LogP contribution in [0.4, 0.5) is 0 Å². The van der Waals surface area contributed by atoms with Gasteiger partial charge in [0.1, 0.15) is 5.75 Å². The van der Waals surface area contributed by atoms with E-state index >= 15 is 0 Å². The standard InChI is InChI=1S/C22H28N2O6/c1-14(2)23-19(25)13-30-17-8-6-16(7-9-17)12-18-20(22(27)29-5)15(3)24(21(18)26)10-11-28-4/h6-9,12,14H,10-11,13H2,1-5H3,(H,23,25)/b18-12-. The minimum atomic E-state index is -0.567. The molecule has 162 valence electrons. The average molecular weight is 416 g/mol. The lowest BCUT2D eigenvalue weighted by molar-refractivity contribution is -0.136. The third-order valence-electron chi connectivity index (χ3n) is 4.43. The summed E-state index contributed by atoms with van der Waals surface area (Å²) in [5.74, 6) is -0.526. The number of ether oxygens (including phenoxy) is 3. The summed E-state index contributed by atoms with van der Waals surface area (Å²) in [6.07, 6.45) is 1.64. The van der Waals surface area contributed by atoms with Crippen molar-refractivity contribution < 1.29 is 28.6 Å². The van der Waals surface area contributed by atoms with E-state index in [-0.39, 0.29) is 35.6 Å². The van der Waals surface area contributed by atoms with Crippen LogP contribution in [0.15, 0.2) is 41.1 Å². The highest BCUT2D eigenvalue weighted by Crippen LogP contribution is 2.31. The van der Waals surface area contributed by atoms with Crippen molar-refractivity contribution in [3.63, 3.8) is 0 Å². The van der Waals surface area contributed by atoms with Crippen LogP contribution in [0.2, 0.25) is 0 Å². The van der Waals surface area contributed by atoms with Crippen LogP contribution >= 0.6 is 0 Å². The third kappa shape index (κ3) is 5.70. The van der Waals surface area contributed by atoms with Gasteiger partial charge < -0.3 is 24.4 Å². The second kappa shape index (κ2) is 10.6. The van der Waals surface area contributed by atoms with Crippen LogP contribution in [-0.4, -0.2) is 62.7 Å². The fraction of sp³-hybridized carbons (Fsp3) is 0.409. The molecular formula is C22H28N2O6. The van der Waals surface area contributed by atoms with Crippen LogP contribution in [0.3, 0.4) is 0 Å². The Morgan fingerprint density at radius 2 is 1.83 bits per heavy atom. The topological polar surface area (TPSA) is 94.2 Å². The molecule has 1 aliphatic heterocycles. The average Bonchev–Trinajstić information content (AvgIpc) is 2.94. The number of nitrogens with zero attached hydrogens (tertiary/aromatic N) is 1. The number of carbonyl (C=O) groups excluding carboxylic acids is 3. The predicted molar refractivity (Wildman–Crippen MR) is 111 cm³/mol. The van der Waals surface area contributed by atoms with E-state index in [1.807, 2.05) is 13.8 Å². The summed E-state index contributed by atoms with van der Waals surface area (Å²) in [6, 6.07) is 6.94. The molecule has 0 saturated carbocycles. The molecule has 0 saturated heterocycles.